The minimum absolute atomic E-state index is 0.198. The lowest BCUT2D eigenvalue weighted by molar-refractivity contribution is -0.147. The summed E-state index contributed by atoms with van der Waals surface area (Å²) in [4.78, 5) is 1.81. The summed E-state index contributed by atoms with van der Waals surface area (Å²) in [6.07, 6.45) is -3.46. The number of aryl methyl sites for hydroxylation is 1. The number of rotatable bonds is 6. The Labute approximate surface area is 173 Å². The number of halogens is 1. The van der Waals surface area contributed by atoms with Crippen LogP contribution in [0.4, 0.5) is 5.69 Å². The summed E-state index contributed by atoms with van der Waals surface area (Å²) in [7, 11) is 0. The first-order chi connectivity index (χ1) is 13.4. The van der Waals surface area contributed by atoms with Gasteiger partial charge in [-0.1, -0.05) is 40.2 Å². The summed E-state index contributed by atoms with van der Waals surface area (Å²) in [5.41, 5.74) is 4.33. The molecule has 3 rings (SSSR count). The fourth-order valence-corrected chi connectivity index (χ4v) is 4.28. The highest BCUT2D eigenvalue weighted by atomic mass is 79.9. The number of anilines is 1. The molecule has 0 radical (unpaired) electrons. The van der Waals surface area contributed by atoms with Crippen molar-refractivity contribution >= 4 is 21.6 Å². The lowest BCUT2D eigenvalue weighted by atomic mass is 9.93. The van der Waals surface area contributed by atoms with Crippen molar-refractivity contribution < 1.29 is 20.4 Å². The molecule has 1 saturated heterocycles. The van der Waals surface area contributed by atoms with Crippen molar-refractivity contribution in [3.63, 3.8) is 0 Å². The molecule has 1 heterocycles. The Balaban J connectivity index is 1.67. The first kappa shape index (κ1) is 21.2. The fourth-order valence-electron chi connectivity index (χ4n) is 3.68. The predicted molar refractivity (Wildman–Crippen MR) is 112 cm³/mol. The fraction of sp³-hybridized carbons (Fsp3) is 0.429. The van der Waals surface area contributed by atoms with Crippen LogP contribution in [0.5, 0.6) is 0 Å². The molecular weight excluding hydrogens is 424 g/mol. The molecule has 7 heteroatoms. The number of benzene rings is 2. The van der Waals surface area contributed by atoms with E-state index in [-0.39, 0.29) is 13.2 Å². The molecule has 6 nitrogen and oxygen atoms in total. The summed E-state index contributed by atoms with van der Waals surface area (Å²) in [6.45, 7) is 3.09. The monoisotopic (exact) mass is 450 g/mol. The first-order valence-electron chi connectivity index (χ1n) is 9.35. The molecule has 0 bridgehead atoms. The molecule has 0 spiro atoms. The minimum Gasteiger partial charge on any atom is -0.395 e. The van der Waals surface area contributed by atoms with Gasteiger partial charge in [0.15, 0.2) is 0 Å². The predicted octanol–water partition coefficient (Wildman–Crippen LogP) is 1.63. The topological polar surface area (TPSA) is 96.2 Å². The summed E-state index contributed by atoms with van der Waals surface area (Å²) in [6, 6.07) is 13.6. The lowest BCUT2D eigenvalue weighted by Gasteiger charge is -2.43. The number of hydrogen-bond donors (Lipinski definition) is 5. The van der Waals surface area contributed by atoms with E-state index in [4.69, 9.17) is 0 Å². The van der Waals surface area contributed by atoms with Crippen LogP contribution in [0, 0.1) is 6.92 Å². The molecule has 0 amide bonds. The van der Waals surface area contributed by atoms with Crippen molar-refractivity contribution in [2.45, 2.75) is 44.4 Å². The minimum atomic E-state index is -1.24. The SMILES string of the molecule is Cc1cc(Br)cc(NCc2cccc(CN3CC(O)C(O)C(O)C3CO)c2)c1. The van der Waals surface area contributed by atoms with Gasteiger partial charge in [0.05, 0.1) is 18.8 Å². The molecule has 0 aliphatic carbocycles. The van der Waals surface area contributed by atoms with Crippen LogP contribution < -0.4 is 5.32 Å². The molecule has 1 aliphatic heterocycles. The van der Waals surface area contributed by atoms with E-state index in [2.05, 4.69) is 39.4 Å². The number of β-amino-alcohol motifs (C(OH)–C–C–N with tert-alkyl or cyclic N) is 1. The molecular formula is C21H27BrN2O4. The standard InChI is InChI=1S/C21H27BrN2O4/c1-13-5-16(22)8-17(6-13)23-9-14-3-2-4-15(7-14)10-24-11-19(26)21(28)20(27)18(24)12-25/h2-8,18-21,23,25-28H,9-12H2,1H3. The average Bonchev–Trinajstić information content (AvgIpc) is 2.64. The van der Waals surface area contributed by atoms with Gasteiger partial charge in [-0.15, -0.1) is 0 Å². The van der Waals surface area contributed by atoms with Crippen LogP contribution >= 0.6 is 15.9 Å². The van der Waals surface area contributed by atoms with E-state index in [1.165, 1.54) is 5.56 Å². The van der Waals surface area contributed by atoms with Crippen molar-refractivity contribution in [3.05, 3.63) is 63.6 Å². The van der Waals surface area contributed by atoms with E-state index in [0.717, 1.165) is 21.3 Å². The quantitative estimate of drug-likeness (QED) is 0.458. The van der Waals surface area contributed by atoms with Crippen molar-refractivity contribution in [3.8, 4) is 0 Å². The third-order valence-electron chi connectivity index (χ3n) is 5.13. The molecule has 1 aliphatic rings. The molecule has 152 valence electrons. The van der Waals surface area contributed by atoms with Gasteiger partial charge in [-0.05, 0) is 41.8 Å². The Bertz CT molecular complexity index is 783. The van der Waals surface area contributed by atoms with Gasteiger partial charge in [-0.2, -0.15) is 0 Å². The average molecular weight is 451 g/mol. The van der Waals surface area contributed by atoms with Crippen LogP contribution in [0.15, 0.2) is 46.9 Å². The van der Waals surface area contributed by atoms with Gasteiger partial charge in [-0.25, -0.2) is 0 Å². The van der Waals surface area contributed by atoms with Crippen LogP contribution in [0.25, 0.3) is 0 Å². The van der Waals surface area contributed by atoms with Gasteiger partial charge in [0.2, 0.25) is 0 Å². The van der Waals surface area contributed by atoms with Crippen molar-refractivity contribution in [2.24, 2.45) is 0 Å². The molecule has 28 heavy (non-hydrogen) atoms. The molecule has 0 aromatic heterocycles. The normalized spacial score (nSPS) is 25.6. The van der Waals surface area contributed by atoms with Gasteiger partial charge < -0.3 is 25.7 Å². The zero-order valence-electron chi connectivity index (χ0n) is 15.8. The highest BCUT2D eigenvalue weighted by molar-refractivity contribution is 9.10. The summed E-state index contributed by atoms with van der Waals surface area (Å²) in [5.74, 6) is 0. The Morgan fingerprint density at radius 1 is 1.07 bits per heavy atom. The van der Waals surface area contributed by atoms with Gasteiger partial charge in [0.1, 0.15) is 12.2 Å². The molecule has 5 N–H and O–H groups in total. The number of aliphatic hydroxyl groups is 4. The van der Waals surface area contributed by atoms with Gasteiger partial charge in [0.25, 0.3) is 0 Å². The van der Waals surface area contributed by atoms with Gasteiger partial charge >= 0.3 is 0 Å². The first-order valence-corrected chi connectivity index (χ1v) is 10.1. The van der Waals surface area contributed by atoms with Crippen LogP contribution in [0.2, 0.25) is 0 Å². The number of nitrogens with zero attached hydrogens (tertiary/aromatic N) is 1. The zero-order chi connectivity index (χ0) is 20.3. The third-order valence-corrected chi connectivity index (χ3v) is 5.59. The number of likely N-dealkylation sites (tertiary alicyclic amines) is 1. The van der Waals surface area contributed by atoms with Gasteiger partial charge in [-0.3, -0.25) is 4.90 Å². The molecule has 1 fully saturated rings. The maximum absolute atomic E-state index is 10.1. The highest BCUT2D eigenvalue weighted by Crippen LogP contribution is 2.23. The van der Waals surface area contributed by atoms with Crippen molar-refractivity contribution in [2.75, 3.05) is 18.5 Å². The number of hydrogen-bond acceptors (Lipinski definition) is 6. The van der Waals surface area contributed by atoms with Crippen LogP contribution in [0.1, 0.15) is 16.7 Å². The maximum Gasteiger partial charge on any atom is 0.109 e. The third kappa shape index (κ3) is 5.11. The molecule has 2 aromatic rings. The molecule has 4 unspecified atom stereocenters. The van der Waals surface area contributed by atoms with E-state index >= 15 is 0 Å². The van der Waals surface area contributed by atoms with Gasteiger partial charge in [0, 0.05) is 29.8 Å². The zero-order valence-corrected chi connectivity index (χ0v) is 17.4. The summed E-state index contributed by atoms with van der Waals surface area (Å²) >= 11 is 3.51. The van der Waals surface area contributed by atoms with E-state index in [1.54, 1.807) is 0 Å². The number of aliphatic hydroxyl groups excluding tert-OH is 4. The van der Waals surface area contributed by atoms with Crippen LogP contribution in [-0.2, 0) is 13.1 Å². The van der Waals surface area contributed by atoms with Crippen LogP contribution in [-0.4, -0.2) is 62.8 Å². The molecule has 2 aromatic carbocycles. The molecule has 4 atom stereocenters. The number of piperidine rings is 1. The van der Waals surface area contributed by atoms with E-state index in [1.807, 2.05) is 36.1 Å². The van der Waals surface area contributed by atoms with Crippen LogP contribution in [0.3, 0.4) is 0 Å². The highest BCUT2D eigenvalue weighted by Gasteiger charge is 2.40. The van der Waals surface area contributed by atoms with Crippen molar-refractivity contribution in [1.82, 2.24) is 4.90 Å². The smallest absolute Gasteiger partial charge is 0.109 e. The van der Waals surface area contributed by atoms with E-state index < -0.39 is 24.4 Å². The second-order valence-electron chi connectivity index (χ2n) is 7.42. The Morgan fingerprint density at radius 2 is 1.82 bits per heavy atom. The molecule has 0 saturated carbocycles. The van der Waals surface area contributed by atoms with Crippen molar-refractivity contribution in [1.29, 1.82) is 0 Å². The lowest BCUT2D eigenvalue weighted by Crippen LogP contribution is -2.62. The Morgan fingerprint density at radius 3 is 2.54 bits per heavy atom. The Kier molecular flexibility index (Phi) is 7.09. The summed E-state index contributed by atoms with van der Waals surface area (Å²) < 4.78 is 1.03. The Hall–Kier alpha value is -1.48. The second-order valence-corrected chi connectivity index (χ2v) is 8.33. The maximum atomic E-state index is 10.1. The summed E-state index contributed by atoms with van der Waals surface area (Å²) in [5, 5.41) is 43.0. The number of nitrogens with one attached hydrogen (secondary N) is 1. The second kappa shape index (κ2) is 9.35. The van der Waals surface area contributed by atoms with E-state index in [9.17, 15) is 20.4 Å². The van der Waals surface area contributed by atoms with E-state index in [0.29, 0.717) is 13.1 Å². The largest absolute Gasteiger partial charge is 0.395 e.